The molecule has 0 unspecified atom stereocenters. The summed E-state index contributed by atoms with van der Waals surface area (Å²) in [4.78, 5) is 12.9. The Kier molecular flexibility index (Phi) is 6.12. The fraction of sp³-hybridized carbons (Fsp3) is 0.381. The Morgan fingerprint density at radius 3 is 2.43 bits per heavy atom. The second kappa shape index (κ2) is 8.23. The third-order valence-electron chi connectivity index (χ3n) is 5.03. The molecule has 1 N–H and O–H groups in total. The summed E-state index contributed by atoms with van der Waals surface area (Å²) in [6, 6.07) is 10.6. The molecule has 5 nitrogen and oxygen atoms in total. The fourth-order valence-corrected chi connectivity index (χ4v) is 5.34. The molecule has 150 valence electrons. The molecule has 0 saturated carbocycles. The van der Waals surface area contributed by atoms with Crippen molar-refractivity contribution in [1.29, 1.82) is 0 Å². The van der Waals surface area contributed by atoms with E-state index in [9.17, 15) is 13.2 Å². The first-order valence-corrected chi connectivity index (χ1v) is 11.1. The first kappa shape index (κ1) is 20.8. The van der Waals surface area contributed by atoms with E-state index in [0.717, 1.165) is 22.4 Å². The summed E-state index contributed by atoms with van der Waals surface area (Å²) < 4.78 is 27.4. The minimum Gasteiger partial charge on any atom is -0.326 e. The van der Waals surface area contributed by atoms with Gasteiger partial charge in [0.15, 0.2) is 0 Å². The van der Waals surface area contributed by atoms with Gasteiger partial charge in [0.25, 0.3) is 0 Å². The zero-order valence-electron chi connectivity index (χ0n) is 16.3. The fourth-order valence-electron chi connectivity index (χ4n) is 3.55. The molecule has 1 heterocycles. The van der Waals surface area contributed by atoms with Crippen molar-refractivity contribution >= 4 is 33.2 Å². The number of carbonyl (C=O) groups excluding carboxylic acids is 1. The highest BCUT2D eigenvalue weighted by Crippen LogP contribution is 2.27. The zero-order chi connectivity index (χ0) is 20.5. The summed E-state index contributed by atoms with van der Waals surface area (Å²) >= 11 is 6.11. The van der Waals surface area contributed by atoms with E-state index in [1.54, 1.807) is 12.1 Å². The minimum atomic E-state index is -3.69. The molecule has 0 radical (unpaired) electrons. The van der Waals surface area contributed by atoms with Crippen LogP contribution in [0.5, 0.6) is 0 Å². The van der Waals surface area contributed by atoms with E-state index in [1.165, 1.54) is 10.4 Å². The number of halogens is 1. The molecule has 1 saturated heterocycles. The van der Waals surface area contributed by atoms with Crippen molar-refractivity contribution in [3.05, 3.63) is 58.1 Å². The van der Waals surface area contributed by atoms with E-state index in [0.29, 0.717) is 24.4 Å². The molecule has 2 aromatic rings. The van der Waals surface area contributed by atoms with Crippen molar-refractivity contribution in [2.24, 2.45) is 5.92 Å². The van der Waals surface area contributed by atoms with Crippen molar-refractivity contribution in [1.82, 2.24) is 4.31 Å². The van der Waals surface area contributed by atoms with Gasteiger partial charge in [0, 0.05) is 23.8 Å². The monoisotopic (exact) mass is 420 g/mol. The molecule has 2 aromatic carbocycles. The molecule has 0 aliphatic carbocycles. The summed E-state index contributed by atoms with van der Waals surface area (Å²) in [5.74, 6) is -0.530. The summed E-state index contributed by atoms with van der Waals surface area (Å²) in [5.41, 5.74) is 3.71. The summed E-state index contributed by atoms with van der Waals surface area (Å²) in [5, 5.41) is 3.36. The second-order valence-electron chi connectivity index (χ2n) is 7.48. The van der Waals surface area contributed by atoms with Gasteiger partial charge in [-0.1, -0.05) is 23.7 Å². The van der Waals surface area contributed by atoms with Crippen LogP contribution in [0.15, 0.2) is 41.3 Å². The SMILES string of the molecule is Cc1cc(C)cc(NC(=O)[C@H]2CCCN(S(=O)(=O)c3ccc(C)c(Cl)c3)C2)c1. The molecule has 1 amide bonds. The number of nitrogens with zero attached hydrogens (tertiary/aromatic N) is 1. The highest BCUT2D eigenvalue weighted by molar-refractivity contribution is 7.89. The van der Waals surface area contributed by atoms with Gasteiger partial charge in [-0.15, -0.1) is 0 Å². The van der Waals surface area contributed by atoms with Gasteiger partial charge >= 0.3 is 0 Å². The molecule has 0 bridgehead atoms. The van der Waals surface area contributed by atoms with Crippen LogP contribution >= 0.6 is 11.6 Å². The van der Waals surface area contributed by atoms with Gasteiger partial charge in [-0.2, -0.15) is 4.31 Å². The van der Waals surface area contributed by atoms with Gasteiger partial charge in [0.1, 0.15) is 0 Å². The van der Waals surface area contributed by atoms with Crippen molar-refractivity contribution in [2.45, 2.75) is 38.5 Å². The lowest BCUT2D eigenvalue weighted by atomic mass is 9.98. The third-order valence-corrected chi connectivity index (χ3v) is 7.29. The molecular formula is C21H25ClN2O3S. The van der Waals surface area contributed by atoms with Gasteiger partial charge in [0.2, 0.25) is 15.9 Å². The van der Waals surface area contributed by atoms with E-state index >= 15 is 0 Å². The molecule has 1 atom stereocenters. The number of rotatable bonds is 4. The standard InChI is InChI=1S/C21H25ClN2O3S/c1-14-9-15(2)11-18(10-14)23-21(25)17-5-4-8-24(13-17)28(26,27)19-7-6-16(3)20(22)12-19/h6-7,9-12,17H,4-5,8,13H2,1-3H3,(H,23,25)/t17-/m0/s1. The maximum Gasteiger partial charge on any atom is 0.243 e. The molecular weight excluding hydrogens is 396 g/mol. The Morgan fingerprint density at radius 1 is 1.11 bits per heavy atom. The average molecular weight is 421 g/mol. The van der Waals surface area contributed by atoms with Gasteiger partial charge < -0.3 is 5.32 Å². The minimum absolute atomic E-state index is 0.146. The topological polar surface area (TPSA) is 66.5 Å². The summed E-state index contributed by atoms with van der Waals surface area (Å²) in [6.07, 6.45) is 1.31. The number of anilines is 1. The smallest absolute Gasteiger partial charge is 0.243 e. The molecule has 0 spiro atoms. The van der Waals surface area contributed by atoms with Crippen LogP contribution in [0.3, 0.4) is 0 Å². The summed E-state index contributed by atoms with van der Waals surface area (Å²) in [6.45, 7) is 6.35. The molecule has 1 aliphatic rings. The zero-order valence-corrected chi connectivity index (χ0v) is 17.9. The van der Waals surface area contributed by atoms with Crippen LogP contribution < -0.4 is 5.32 Å². The van der Waals surface area contributed by atoms with Crippen LogP contribution in [-0.4, -0.2) is 31.7 Å². The predicted molar refractivity (Wildman–Crippen MR) is 112 cm³/mol. The normalized spacial score (nSPS) is 18.1. The molecule has 0 aromatic heterocycles. The van der Waals surface area contributed by atoms with Gasteiger partial charge in [-0.05, 0) is 74.6 Å². The molecule has 7 heteroatoms. The Labute approximate surface area is 171 Å². The number of hydrogen-bond donors (Lipinski definition) is 1. The Balaban J connectivity index is 1.75. The quantitative estimate of drug-likeness (QED) is 0.801. The number of aryl methyl sites for hydroxylation is 3. The van der Waals surface area contributed by atoms with Crippen molar-refractivity contribution in [3.63, 3.8) is 0 Å². The van der Waals surface area contributed by atoms with E-state index in [2.05, 4.69) is 5.32 Å². The maximum atomic E-state index is 13.0. The number of hydrogen-bond acceptors (Lipinski definition) is 3. The number of carbonyl (C=O) groups is 1. The first-order chi connectivity index (χ1) is 13.2. The predicted octanol–water partition coefficient (Wildman–Crippen LogP) is 4.30. The number of amides is 1. The highest BCUT2D eigenvalue weighted by Gasteiger charge is 2.33. The maximum absolute atomic E-state index is 13.0. The van der Waals surface area contributed by atoms with Crippen LogP contribution in [0.4, 0.5) is 5.69 Å². The molecule has 3 rings (SSSR count). The van der Waals surface area contributed by atoms with E-state index in [1.807, 2.05) is 39.0 Å². The van der Waals surface area contributed by atoms with Crippen LogP contribution in [0.1, 0.15) is 29.5 Å². The van der Waals surface area contributed by atoms with Crippen molar-refractivity contribution in [2.75, 3.05) is 18.4 Å². The highest BCUT2D eigenvalue weighted by atomic mass is 35.5. The summed E-state index contributed by atoms with van der Waals surface area (Å²) in [7, 11) is -3.69. The van der Waals surface area contributed by atoms with E-state index in [4.69, 9.17) is 11.6 Å². The molecule has 1 aliphatic heterocycles. The number of piperidine rings is 1. The van der Waals surface area contributed by atoms with Crippen molar-refractivity contribution < 1.29 is 13.2 Å². The second-order valence-corrected chi connectivity index (χ2v) is 9.82. The van der Waals surface area contributed by atoms with Crippen LogP contribution in [0.2, 0.25) is 5.02 Å². The number of sulfonamides is 1. The largest absolute Gasteiger partial charge is 0.326 e. The van der Waals surface area contributed by atoms with Gasteiger partial charge in [-0.3, -0.25) is 4.79 Å². The Morgan fingerprint density at radius 2 is 1.79 bits per heavy atom. The van der Waals surface area contributed by atoms with Gasteiger partial charge in [0.05, 0.1) is 10.8 Å². The van der Waals surface area contributed by atoms with Crippen LogP contribution in [0, 0.1) is 26.7 Å². The Bertz CT molecular complexity index is 984. The third kappa shape index (κ3) is 4.57. The average Bonchev–Trinajstić information content (AvgIpc) is 2.63. The van der Waals surface area contributed by atoms with E-state index < -0.39 is 10.0 Å². The first-order valence-electron chi connectivity index (χ1n) is 9.32. The molecule has 28 heavy (non-hydrogen) atoms. The lowest BCUT2D eigenvalue weighted by Crippen LogP contribution is -2.43. The lowest BCUT2D eigenvalue weighted by Gasteiger charge is -2.31. The molecule has 1 fully saturated rings. The van der Waals surface area contributed by atoms with Gasteiger partial charge in [-0.25, -0.2) is 8.42 Å². The van der Waals surface area contributed by atoms with Crippen molar-refractivity contribution in [3.8, 4) is 0 Å². The van der Waals surface area contributed by atoms with E-state index in [-0.39, 0.29) is 23.3 Å². The number of nitrogens with one attached hydrogen (secondary N) is 1. The Hall–Kier alpha value is -1.89. The number of benzene rings is 2. The van der Waals surface area contributed by atoms with Crippen LogP contribution in [0.25, 0.3) is 0 Å². The lowest BCUT2D eigenvalue weighted by molar-refractivity contribution is -0.120. The van der Waals surface area contributed by atoms with Crippen LogP contribution in [-0.2, 0) is 14.8 Å².